The molecule has 0 saturated carbocycles. The first-order valence-corrected chi connectivity index (χ1v) is 16.2. The summed E-state index contributed by atoms with van der Waals surface area (Å²) in [7, 11) is -0.241. The summed E-state index contributed by atoms with van der Waals surface area (Å²) in [5, 5.41) is 15.5. The highest BCUT2D eigenvalue weighted by atomic mass is 32.2. The van der Waals surface area contributed by atoms with Gasteiger partial charge in [-0.15, -0.1) is 0 Å². The molecule has 1 unspecified atom stereocenters. The van der Waals surface area contributed by atoms with Gasteiger partial charge in [-0.3, -0.25) is 4.31 Å². The summed E-state index contributed by atoms with van der Waals surface area (Å²) in [5.41, 5.74) is 11.3. The summed E-state index contributed by atoms with van der Waals surface area (Å²) in [6.07, 6.45) is 2.99. The summed E-state index contributed by atoms with van der Waals surface area (Å²) in [6.45, 7) is 12.5. The number of carbonyl (C=O) groups excluding carboxylic acids is 1. The lowest BCUT2D eigenvalue weighted by Gasteiger charge is -2.35. The highest BCUT2D eigenvalue weighted by molar-refractivity contribution is 7.85. The SMILES string of the molecule is CC(C)(C)O.CO.Cc1ccc(-c2c(C)c3c(c(C)c2CC=O)N(S(C)=O)Cc2cc(OCc4ccccc4)ccc2-3)cc1. The van der Waals surface area contributed by atoms with Gasteiger partial charge < -0.3 is 19.7 Å². The minimum Gasteiger partial charge on any atom is -0.489 e. The largest absolute Gasteiger partial charge is 0.489 e. The number of aliphatic hydroxyl groups excluding tert-OH is 1. The van der Waals surface area contributed by atoms with Crippen molar-refractivity contribution in [2.75, 3.05) is 17.7 Å². The topological polar surface area (TPSA) is 87.1 Å². The van der Waals surface area contributed by atoms with Crippen LogP contribution in [0.5, 0.6) is 5.75 Å². The van der Waals surface area contributed by atoms with E-state index in [0.29, 0.717) is 19.6 Å². The van der Waals surface area contributed by atoms with Crippen LogP contribution in [-0.2, 0) is 35.4 Å². The Morgan fingerprint density at radius 2 is 1.52 bits per heavy atom. The molecular formula is C37H45NO5S. The molecule has 0 radical (unpaired) electrons. The Morgan fingerprint density at radius 3 is 2.09 bits per heavy atom. The number of carbonyl (C=O) groups is 1. The Morgan fingerprint density at radius 1 is 0.909 bits per heavy atom. The molecule has 0 fully saturated rings. The first-order chi connectivity index (χ1) is 20.9. The Balaban J connectivity index is 0.000000688. The molecule has 5 rings (SSSR count). The summed E-state index contributed by atoms with van der Waals surface area (Å²) >= 11 is 0. The summed E-state index contributed by atoms with van der Waals surface area (Å²) in [6, 6.07) is 24.8. The Bertz CT molecular complexity index is 1590. The number of hydrogen-bond donors (Lipinski definition) is 2. The fourth-order valence-electron chi connectivity index (χ4n) is 5.37. The van der Waals surface area contributed by atoms with Gasteiger partial charge in [0, 0.05) is 25.3 Å². The third-order valence-electron chi connectivity index (χ3n) is 7.19. The van der Waals surface area contributed by atoms with E-state index in [0.717, 1.165) is 74.9 Å². The quantitative estimate of drug-likeness (QED) is 0.214. The van der Waals surface area contributed by atoms with Crippen LogP contribution < -0.4 is 9.04 Å². The molecule has 44 heavy (non-hydrogen) atoms. The minimum atomic E-state index is -1.24. The van der Waals surface area contributed by atoms with E-state index in [1.54, 1.807) is 27.0 Å². The number of rotatable bonds is 7. The van der Waals surface area contributed by atoms with Crippen LogP contribution in [0.2, 0.25) is 0 Å². The molecule has 4 aromatic carbocycles. The predicted molar refractivity (Wildman–Crippen MR) is 182 cm³/mol. The van der Waals surface area contributed by atoms with Crippen LogP contribution in [0.3, 0.4) is 0 Å². The van der Waals surface area contributed by atoms with E-state index >= 15 is 0 Å². The van der Waals surface area contributed by atoms with Gasteiger partial charge >= 0.3 is 0 Å². The molecule has 7 heteroatoms. The van der Waals surface area contributed by atoms with Crippen molar-refractivity contribution in [2.45, 2.75) is 66.7 Å². The predicted octanol–water partition coefficient (Wildman–Crippen LogP) is 7.27. The van der Waals surface area contributed by atoms with E-state index in [1.165, 1.54) is 5.56 Å². The van der Waals surface area contributed by atoms with Gasteiger partial charge in [-0.05, 0) is 98.2 Å². The molecule has 6 nitrogen and oxygen atoms in total. The smallest absolute Gasteiger partial charge is 0.124 e. The lowest BCUT2D eigenvalue weighted by atomic mass is 9.81. The maximum atomic E-state index is 13.0. The molecule has 1 aliphatic heterocycles. The van der Waals surface area contributed by atoms with Crippen LogP contribution >= 0.6 is 0 Å². The second kappa shape index (κ2) is 15.3. The van der Waals surface area contributed by atoms with Gasteiger partial charge in [0.25, 0.3) is 0 Å². The zero-order chi connectivity index (χ0) is 32.6. The third-order valence-corrected chi connectivity index (χ3v) is 8.12. The van der Waals surface area contributed by atoms with Gasteiger partial charge in [0.05, 0.1) is 17.8 Å². The number of nitrogens with zero attached hydrogens (tertiary/aromatic N) is 1. The van der Waals surface area contributed by atoms with Crippen molar-refractivity contribution in [1.82, 2.24) is 0 Å². The molecule has 0 aliphatic carbocycles. The zero-order valence-electron chi connectivity index (χ0n) is 27.1. The molecule has 0 aromatic heterocycles. The molecule has 0 bridgehead atoms. The Hall–Kier alpha value is -3.78. The standard InChI is InChI=1S/C32H31NO3S.C4H10O.CH4O/c1-21-10-12-25(13-11-21)30-23(3)31-29-15-14-27(36-20-24-8-6-5-7-9-24)18-26(29)19-33(37(4)35)32(31)22(2)28(30)16-17-34;1-4(2,3)5;1-2/h5-15,17-18H,16,19-20H2,1-4H3;5H,1-3H3;2H,1H3. The number of fused-ring (bicyclic) bond motifs is 3. The Kier molecular flexibility index (Phi) is 12.1. The molecule has 0 amide bonds. The van der Waals surface area contributed by atoms with Crippen LogP contribution in [0, 0.1) is 20.8 Å². The van der Waals surface area contributed by atoms with E-state index in [1.807, 2.05) is 40.7 Å². The fourth-order valence-corrected chi connectivity index (χ4v) is 6.17. The van der Waals surface area contributed by atoms with E-state index in [-0.39, 0.29) is 0 Å². The van der Waals surface area contributed by atoms with Gasteiger partial charge in [0.1, 0.15) is 29.6 Å². The highest BCUT2D eigenvalue weighted by Crippen LogP contribution is 2.49. The number of anilines is 1. The molecule has 1 atom stereocenters. The van der Waals surface area contributed by atoms with Crippen molar-refractivity contribution in [3.63, 3.8) is 0 Å². The van der Waals surface area contributed by atoms with Crippen LogP contribution in [-0.4, -0.2) is 39.7 Å². The van der Waals surface area contributed by atoms with Crippen molar-refractivity contribution in [1.29, 1.82) is 0 Å². The number of aldehydes is 1. The maximum Gasteiger partial charge on any atom is 0.124 e. The van der Waals surface area contributed by atoms with E-state index in [2.05, 4.69) is 57.2 Å². The zero-order valence-corrected chi connectivity index (χ0v) is 27.9. The molecule has 0 saturated heterocycles. The number of hydrogen-bond acceptors (Lipinski definition) is 5. The summed E-state index contributed by atoms with van der Waals surface area (Å²) < 4.78 is 21.1. The van der Waals surface area contributed by atoms with Crippen molar-refractivity contribution in [3.05, 3.63) is 106 Å². The average Bonchev–Trinajstić information content (AvgIpc) is 2.99. The van der Waals surface area contributed by atoms with Gasteiger partial charge in [0.15, 0.2) is 0 Å². The van der Waals surface area contributed by atoms with Gasteiger partial charge in [-0.1, -0.05) is 66.2 Å². The number of benzene rings is 4. The monoisotopic (exact) mass is 615 g/mol. The van der Waals surface area contributed by atoms with E-state index in [4.69, 9.17) is 14.9 Å². The third kappa shape index (κ3) is 8.44. The van der Waals surface area contributed by atoms with E-state index in [9.17, 15) is 9.00 Å². The number of ether oxygens (including phenoxy) is 1. The average molecular weight is 616 g/mol. The van der Waals surface area contributed by atoms with Gasteiger partial charge in [0.2, 0.25) is 0 Å². The van der Waals surface area contributed by atoms with Crippen molar-refractivity contribution in [2.24, 2.45) is 0 Å². The molecule has 1 aliphatic rings. The van der Waals surface area contributed by atoms with Crippen molar-refractivity contribution < 1.29 is 24.0 Å². The number of aryl methyl sites for hydroxylation is 1. The van der Waals surface area contributed by atoms with E-state index < -0.39 is 16.6 Å². The van der Waals surface area contributed by atoms with Gasteiger partial charge in [-0.25, -0.2) is 4.21 Å². The molecule has 1 heterocycles. The first kappa shape index (κ1) is 34.7. The highest BCUT2D eigenvalue weighted by Gasteiger charge is 2.31. The van der Waals surface area contributed by atoms with Crippen molar-refractivity contribution >= 4 is 23.0 Å². The van der Waals surface area contributed by atoms with Crippen LogP contribution in [0.1, 0.15) is 54.2 Å². The number of aliphatic hydroxyl groups is 2. The normalized spacial score (nSPS) is 12.5. The van der Waals surface area contributed by atoms with Crippen LogP contribution in [0.25, 0.3) is 22.3 Å². The Labute approximate surface area is 264 Å². The fraction of sp³-hybridized carbons (Fsp3) is 0.324. The lowest BCUT2D eigenvalue weighted by Crippen LogP contribution is -2.29. The molecule has 2 N–H and O–H groups in total. The molecule has 4 aromatic rings. The maximum absolute atomic E-state index is 13.0. The van der Waals surface area contributed by atoms with Crippen LogP contribution in [0.4, 0.5) is 5.69 Å². The van der Waals surface area contributed by atoms with Crippen LogP contribution in [0.15, 0.2) is 72.8 Å². The second-order valence-electron chi connectivity index (χ2n) is 11.8. The van der Waals surface area contributed by atoms with Crippen molar-refractivity contribution in [3.8, 4) is 28.0 Å². The first-order valence-electron chi connectivity index (χ1n) is 14.6. The lowest BCUT2D eigenvalue weighted by molar-refractivity contribution is -0.107. The molecule has 0 spiro atoms. The molecular weight excluding hydrogens is 570 g/mol. The summed E-state index contributed by atoms with van der Waals surface area (Å²) in [4.78, 5) is 11.8. The molecule has 234 valence electrons. The van der Waals surface area contributed by atoms with Gasteiger partial charge in [-0.2, -0.15) is 0 Å². The summed E-state index contributed by atoms with van der Waals surface area (Å²) in [5.74, 6) is 0.790. The minimum absolute atomic E-state index is 0.312. The second-order valence-corrected chi connectivity index (χ2v) is 13.1.